The topological polar surface area (TPSA) is 72.9 Å². The standard InChI is InChI=1S/C14H22N2O4/c1-4-18-13(17)12(14(19-5-2)20-6-3)16-10-11-8-7-9-15-11/h7-10,12,14-15H,4-6H2,1-3H3/b16-10+. The van der Waals surface area contributed by atoms with Crippen LogP contribution in [0.1, 0.15) is 26.5 Å². The number of carbonyl (C=O) groups excluding carboxylic acids is 1. The second-order valence-electron chi connectivity index (χ2n) is 3.88. The van der Waals surface area contributed by atoms with Crippen molar-refractivity contribution in [2.45, 2.75) is 33.1 Å². The highest BCUT2D eigenvalue weighted by atomic mass is 16.7. The lowest BCUT2D eigenvalue weighted by Crippen LogP contribution is -2.38. The smallest absolute Gasteiger partial charge is 0.336 e. The van der Waals surface area contributed by atoms with Crippen molar-refractivity contribution in [2.24, 2.45) is 4.99 Å². The van der Waals surface area contributed by atoms with Gasteiger partial charge in [0.25, 0.3) is 0 Å². The average molecular weight is 282 g/mol. The summed E-state index contributed by atoms with van der Waals surface area (Å²) in [5.74, 6) is -0.456. The van der Waals surface area contributed by atoms with Gasteiger partial charge in [0, 0.05) is 25.6 Å². The van der Waals surface area contributed by atoms with Crippen molar-refractivity contribution in [3.05, 3.63) is 24.0 Å². The number of carbonyl (C=O) groups is 1. The molecule has 1 aromatic heterocycles. The molecular formula is C14H22N2O4. The van der Waals surface area contributed by atoms with Crippen LogP contribution in [0.4, 0.5) is 0 Å². The van der Waals surface area contributed by atoms with Crippen LogP contribution in [-0.2, 0) is 19.0 Å². The van der Waals surface area contributed by atoms with Crippen LogP contribution in [0.15, 0.2) is 23.3 Å². The van der Waals surface area contributed by atoms with Crippen molar-refractivity contribution in [1.82, 2.24) is 4.98 Å². The Balaban J connectivity index is 2.84. The van der Waals surface area contributed by atoms with E-state index in [0.717, 1.165) is 5.69 Å². The minimum atomic E-state index is -0.835. The van der Waals surface area contributed by atoms with Crippen molar-refractivity contribution < 1.29 is 19.0 Å². The number of aromatic amines is 1. The molecule has 0 saturated heterocycles. The van der Waals surface area contributed by atoms with Gasteiger partial charge in [-0.25, -0.2) is 4.79 Å². The Kier molecular flexibility index (Phi) is 7.60. The van der Waals surface area contributed by atoms with Crippen molar-refractivity contribution in [3.63, 3.8) is 0 Å². The number of nitrogens with one attached hydrogen (secondary N) is 1. The molecule has 1 heterocycles. The zero-order valence-corrected chi connectivity index (χ0v) is 12.2. The molecule has 112 valence electrons. The van der Waals surface area contributed by atoms with Crippen LogP contribution < -0.4 is 0 Å². The zero-order chi connectivity index (χ0) is 14.8. The molecule has 6 heteroatoms. The number of aliphatic imine (C=N–C) groups is 1. The Bertz CT molecular complexity index is 397. The number of esters is 1. The summed E-state index contributed by atoms with van der Waals surface area (Å²) in [5, 5.41) is 0. The summed E-state index contributed by atoms with van der Waals surface area (Å²) in [5.41, 5.74) is 0.797. The molecule has 0 bridgehead atoms. The van der Waals surface area contributed by atoms with Crippen LogP contribution in [0.5, 0.6) is 0 Å². The summed E-state index contributed by atoms with van der Waals surface area (Å²) in [4.78, 5) is 19.2. The fourth-order valence-electron chi connectivity index (χ4n) is 1.61. The highest BCUT2D eigenvalue weighted by Gasteiger charge is 2.30. The van der Waals surface area contributed by atoms with Crippen LogP contribution in [0.25, 0.3) is 0 Å². The van der Waals surface area contributed by atoms with Gasteiger partial charge < -0.3 is 19.2 Å². The van der Waals surface area contributed by atoms with Gasteiger partial charge in [0.2, 0.25) is 0 Å². The maximum Gasteiger partial charge on any atom is 0.336 e. The Labute approximate surface area is 119 Å². The van der Waals surface area contributed by atoms with Gasteiger partial charge in [-0.3, -0.25) is 4.99 Å². The normalized spacial score (nSPS) is 13.0. The minimum Gasteiger partial charge on any atom is -0.464 e. The van der Waals surface area contributed by atoms with E-state index >= 15 is 0 Å². The van der Waals surface area contributed by atoms with E-state index in [9.17, 15) is 4.79 Å². The molecule has 0 amide bonds. The van der Waals surface area contributed by atoms with E-state index in [0.29, 0.717) is 19.8 Å². The quantitative estimate of drug-likeness (QED) is 0.425. The summed E-state index contributed by atoms with van der Waals surface area (Å²) in [6, 6.07) is 2.86. The van der Waals surface area contributed by atoms with Gasteiger partial charge in [-0.2, -0.15) is 0 Å². The van der Waals surface area contributed by atoms with Gasteiger partial charge in [-0.1, -0.05) is 0 Å². The largest absolute Gasteiger partial charge is 0.464 e. The summed E-state index contributed by atoms with van der Waals surface area (Å²) < 4.78 is 15.9. The molecule has 0 aliphatic rings. The lowest BCUT2D eigenvalue weighted by atomic mass is 10.3. The zero-order valence-electron chi connectivity index (χ0n) is 12.2. The number of hydrogen-bond acceptors (Lipinski definition) is 5. The van der Waals surface area contributed by atoms with E-state index < -0.39 is 18.3 Å². The summed E-state index contributed by atoms with van der Waals surface area (Å²) in [6.07, 6.45) is 2.62. The summed E-state index contributed by atoms with van der Waals surface area (Å²) in [7, 11) is 0. The molecule has 1 unspecified atom stereocenters. The molecule has 0 radical (unpaired) electrons. The fraction of sp³-hybridized carbons (Fsp3) is 0.571. The first-order valence-corrected chi connectivity index (χ1v) is 6.79. The predicted octanol–water partition coefficient (Wildman–Crippen LogP) is 1.76. The van der Waals surface area contributed by atoms with Gasteiger partial charge in [-0.15, -0.1) is 0 Å². The van der Waals surface area contributed by atoms with Gasteiger partial charge in [0.15, 0.2) is 12.3 Å². The molecule has 1 aromatic rings. The molecule has 0 aliphatic carbocycles. The van der Waals surface area contributed by atoms with Gasteiger partial charge >= 0.3 is 5.97 Å². The number of hydrogen-bond donors (Lipinski definition) is 1. The molecule has 6 nitrogen and oxygen atoms in total. The van der Waals surface area contributed by atoms with Crippen LogP contribution in [0.3, 0.4) is 0 Å². The van der Waals surface area contributed by atoms with Crippen molar-refractivity contribution in [1.29, 1.82) is 0 Å². The molecular weight excluding hydrogens is 260 g/mol. The maximum atomic E-state index is 12.0. The number of rotatable bonds is 9. The molecule has 0 saturated carbocycles. The molecule has 1 rings (SSSR count). The Morgan fingerprint density at radius 3 is 2.50 bits per heavy atom. The first-order chi connectivity index (χ1) is 9.72. The Morgan fingerprint density at radius 2 is 2.00 bits per heavy atom. The number of aromatic nitrogens is 1. The third-order valence-corrected chi connectivity index (χ3v) is 2.44. The van der Waals surface area contributed by atoms with E-state index in [1.807, 2.05) is 26.0 Å². The van der Waals surface area contributed by atoms with Crippen molar-refractivity contribution >= 4 is 12.2 Å². The summed E-state index contributed by atoms with van der Waals surface area (Å²) in [6.45, 7) is 6.57. The van der Waals surface area contributed by atoms with Crippen LogP contribution in [-0.4, -0.2) is 49.3 Å². The first-order valence-electron chi connectivity index (χ1n) is 6.79. The average Bonchev–Trinajstić information content (AvgIpc) is 2.93. The summed E-state index contributed by atoms with van der Waals surface area (Å²) >= 11 is 0. The molecule has 1 N–H and O–H groups in total. The lowest BCUT2D eigenvalue weighted by molar-refractivity contribution is -0.174. The van der Waals surface area contributed by atoms with Gasteiger partial charge in [-0.05, 0) is 32.9 Å². The fourth-order valence-corrected chi connectivity index (χ4v) is 1.61. The maximum absolute atomic E-state index is 12.0. The van der Waals surface area contributed by atoms with Crippen molar-refractivity contribution in [3.8, 4) is 0 Å². The van der Waals surface area contributed by atoms with E-state index in [1.165, 1.54) is 0 Å². The lowest BCUT2D eigenvalue weighted by Gasteiger charge is -2.22. The van der Waals surface area contributed by atoms with Crippen LogP contribution in [0, 0.1) is 0 Å². The minimum absolute atomic E-state index is 0.290. The Morgan fingerprint density at radius 1 is 1.30 bits per heavy atom. The van der Waals surface area contributed by atoms with E-state index in [4.69, 9.17) is 14.2 Å². The van der Waals surface area contributed by atoms with Gasteiger partial charge in [0.1, 0.15) is 0 Å². The Hall–Kier alpha value is -1.66. The van der Waals surface area contributed by atoms with E-state index in [1.54, 1.807) is 19.3 Å². The predicted molar refractivity (Wildman–Crippen MR) is 75.8 cm³/mol. The highest BCUT2D eigenvalue weighted by molar-refractivity contribution is 5.83. The molecule has 0 aliphatic heterocycles. The van der Waals surface area contributed by atoms with Crippen molar-refractivity contribution in [2.75, 3.05) is 19.8 Å². The molecule has 0 aromatic carbocycles. The molecule has 1 atom stereocenters. The monoisotopic (exact) mass is 282 g/mol. The highest BCUT2D eigenvalue weighted by Crippen LogP contribution is 2.09. The molecule has 0 fully saturated rings. The van der Waals surface area contributed by atoms with Crippen LogP contribution >= 0.6 is 0 Å². The van der Waals surface area contributed by atoms with E-state index in [-0.39, 0.29) is 0 Å². The number of H-pyrrole nitrogens is 1. The van der Waals surface area contributed by atoms with Gasteiger partial charge in [0.05, 0.1) is 12.3 Å². The second-order valence-corrected chi connectivity index (χ2v) is 3.88. The van der Waals surface area contributed by atoms with E-state index in [2.05, 4.69) is 9.98 Å². The SMILES string of the molecule is CCOC(=O)C(/N=C/c1ccc[nH]1)C(OCC)OCC. The third kappa shape index (κ3) is 5.14. The first kappa shape index (κ1) is 16.4. The molecule has 20 heavy (non-hydrogen) atoms. The second kappa shape index (κ2) is 9.28. The molecule has 0 spiro atoms. The number of nitrogens with zero attached hydrogens (tertiary/aromatic N) is 1. The van der Waals surface area contributed by atoms with Crippen LogP contribution in [0.2, 0.25) is 0 Å². The third-order valence-electron chi connectivity index (χ3n) is 2.44. The number of ether oxygens (including phenoxy) is 3.